The molecule has 0 saturated carbocycles. The van der Waals surface area contributed by atoms with Gasteiger partial charge in [-0.1, -0.05) is 0 Å². The van der Waals surface area contributed by atoms with Crippen molar-refractivity contribution in [2.45, 2.75) is 6.18 Å². The largest absolute Gasteiger partial charge is 0.453 e. The molecule has 0 atom stereocenters. The van der Waals surface area contributed by atoms with Gasteiger partial charge in [0.15, 0.2) is 5.65 Å². The number of alkyl halides is 3. The number of rotatable bonds is 3. The lowest BCUT2D eigenvalue weighted by atomic mass is 10.3. The van der Waals surface area contributed by atoms with E-state index < -0.39 is 12.0 Å². The first-order chi connectivity index (χ1) is 15.0. The normalized spacial score (nSPS) is 18.1. The van der Waals surface area contributed by atoms with Crippen molar-refractivity contribution in [1.82, 2.24) is 29.8 Å². The fourth-order valence-electron chi connectivity index (χ4n) is 3.72. The molecule has 2 saturated heterocycles. The lowest BCUT2D eigenvalue weighted by molar-refractivity contribution is -0.146. The second-order valence-corrected chi connectivity index (χ2v) is 7.27. The van der Waals surface area contributed by atoms with E-state index >= 15 is 0 Å². The Bertz CT molecular complexity index is 1060. The number of hydrogen-bond acceptors (Lipinski definition) is 9. The van der Waals surface area contributed by atoms with Crippen molar-refractivity contribution in [2.75, 3.05) is 67.2 Å². The molecule has 2 fully saturated rings. The van der Waals surface area contributed by atoms with Gasteiger partial charge in [0.1, 0.15) is 11.6 Å². The zero-order valence-electron chi connectivity index (χ0n) is 16.5. The molecule has 0 spiro atoms. The fraction of sp³-hybridized carbons (Fsp3) is 0.500. The number of nitrogens with zero attached hydrogens (tertiary/aromatic N) is 9. The minimum atomic E-state index is -4.62. The van der Waals surface area contributed by atoms with E-state index in [0.717, 1.165) is 23.4 Å². The number of piperazine rings is 1. The van der Waals surface area contributed by atoms with Crippen LogP contribution in [0.3, 0.4) is 0 Å². The maximum absolute atomic E-state index is 13.1. The Labute approximate surface area is 175 Å². The zero-order valence-corrected chi connectivity index (χ0v) is 16.5. The molecule has 2 aliphatic heterocycles. The average Bonchev–Trinajstić information content (AvgIpc) is 3.24. The highest BCUT2D eigenvalue weighted by atomic mass is 19.4. The third-order valence-electron chi connectivity index (χ3n) is 5.35. The highest BCUT2D eigenvalue weighted by molar-refractivity contribution is 5.49. The van der Waals surface area contributed by atoms with Crippen molar-refractivity contribution >= 4 is 23.2 Å². The van der Waals surface area contributed by atoms with E-state index in [0.29, 0.717) is 51.2 Å². The van der Waals surface area contributed by atoms with E-state index in [4.69, 9.17) is 9.72 Å². The second-order valence-electron chi connectivity index (χ2n) is 7.27. The Hall–Kier alpha value is -3.22. The summed E-state index contributed by atoms with van der Waals surface area (Å²) in [4.78, 5) is 15.3. The molecule has 0 amide bonds. The minimum Gasteiger partial charge on any atom is -0.378 e. The highest BCUT2D eigenvalue weighted by Crippen LogP contribution is 2.28. The summed E-state index contributed by atoms with van der Waals surface area (Å²) < 4.78 is 45.5. The maximum atomic E-state index is 13.1. The second kappa shape index (κ2) is 7.80. The Morgan fingerprint density at radius 2 is 1.52 bits per heavy atom. The predicted octanol–water partition coefficient (Wildman–Crippen LogP) is 1.10. The van der Waals surface area contributed by atoms with Gasteiger partial charge in [-0.15, -0.1) is 15.3 Å². The van der Waals surface area contributed by atoms with Gasteiger partial charge in [0.25, 0.3) is 5.82 Å². The average molecular weight is 435 g/mol. The first kappa shape index (κ1) is 19.7. The molecule has 10 nitrogen and oxygen atoms in total. The summed E-state index contributed by atoms with van der Waals surface area (Å²) in [5.74, 6) is 0.831. The van der Waals surface area contributed by atoms with Gasteiger partial charge >= 0.3 is 6.18 Å². The van der Waals surface area contributed by atoms with Crippen molar-refractivity contribution in [2.24, 2.45) is 0 Å². The highest BCUT2D eigenvalue weighted by Gasteiger charge is 2.38. The molecule has 0 N–H and O–H groups in total. The van der Waals surface area contributed by atoms with E-state index in [-0.39, 0.29) is 5.65 Å². The van der Waals surface area contributed by atoms with E-state index in [2.05, 4.69) is 30.1 Å². The molecular formula is C18H20F3N9O. The summed E-state index contributed by atoms with van der Waals surface area (Å²) in [7, 11) is 0. The standard InChI is InChI=1S/C18H20F3N9O/c19-18(20,21)16-25-24-14-1-2-15(26-30(14)16)27-5-7-29(8-6-27)17-22-4-3-13(23-17)28-9-11-31-12-10-28/h1-4H,5-12H2. The molecule has 0 aliphatic carbocycles. The maximum Gasteiger partial charge on any atom is 0.453 e. The summed E-state index contributed by atoms with van der Waals surface area (Å²) in [5, 5.41) is 10.9. The quantitative estimate of drug-likeness (QED) is 0.600. The molecule has 2 aliphatic rings. The van der Waals surface area contributed by atoms with Gasteiger partial charge in [0, 0.05) is 45.5 Å². The van der Waals surface area contributed by atoms with Crippen LogP contribution in [0.1, 0.15) is 5.82 Å². The van der Waals surface area contributed by atoms with Crippen LogP contribution in [0.5, 0.6) is 0 Å². The van der Waals surface area contributed by atoms with Crippen molar-refractivity contribution in [1.29, 1.82) is 0 Å². The van der Waals surface area contributed by atoms with Crippen LogP contribution in [0.4, 0.5) is 30.8 Å². The van der Waals surface area contributed by atoms with Crippen molar-refractivity contribution in [3.05, 3.63) is 30.2 Å². The Balaban J connectivity index is 1.29. The first-order valence-corrected chi connectivity index (χ1v) is 9.94. The molecule has 0 radical (unpaired) electrons. The summed E-state index contributed by atoms with van der Waals surface area (Å²) >= 11 is 0. The van der Waals surface area contributed by atoms with Crippen molar-refractivity contribution < 1.29 is 17.9 Å². The van der Waals surface area contributed by atoms with E-state index in [1.165, 1.54) is 6.07 Å². The molecular weight excluding hydrogens is 415 g/mol. The van der Waals surface area contributed by atoms with Gasteiger partial charge in [-0.2, -0.15) is 22.7 Å². The molecule has 13 heteroatoms. The van der Waals surface area contributed by atoms with E-state index in [9.17, 15) is 13.2 Å². The van der Waals surface area contributed by atoms with Crippen LogP contribution in [0.15, 0.2) is 24.4 Å². The Morgan fingerprint density at radius 3 is 2.26 bits per heavy atom. The van der Waals surface area contributed by atoms with Crippen LogP contribution in [0.2, 0.25) is 0 Å². The molecule has 3 aromatic heterocycles. The summed E-state index contributed by atoms with van der Waals surface area (Å²) in [6, 6.07) is 5.04. The van der Waals surface area contributed by atoms with Crippen LogP contribution in [0, 0.1) is 0 Å². The zero-order chi connectivity index (χ0) is 21.4. The minimum absolute atomic E-state index is 0.0584. The van der Waals surface area contributed by atoms with Crippen LogP contribution in [-0.2, 0) is 10.9 Å². The molecule has 3 aromatic rings. The van der Waals surface area contributed by atoms with Gasteiger partial charge < -0.3 is 19.4 Å². The van der Waals surface area contributed by atoms with Gasteiger partial charge in [0.05, 0.1) is 13.2 Å². The third kappa shape index (κ3) is 3.92. The summed E-state index contributed by atoms with van der Waals surface area (Å²) in [6.45, 7) is 5.35. The molecule has 5 rings (SSSR count). The van der Waals surface area contributed by atoms with Gasteiger partial charge in [0.2, 0.25) is 5.95 Å². The van der Waals surface area contributed by atoms with Gasteiger partial charge in [-0.25, -0.2) is 4.98 Å². The van der Waals surface area contributed by atoms with Crippen LogP contribution >= 0.6 is 0 Å². The molecule has 164 valence electrons. The molecule has 31 heavy (non-hydrogen) atoms. The monoisotopic (exact) mass is 435 g/mol. The molecule has 0 unspecified atom stereocenters. The number of fused-ring (bicyclic) bond motifs is 1. The van der Waals surface area contributed by atoms with Crippen molar-refractivity contribution in [3.63, 3.8) is 0 Å². The number of morpholine rings is 1. The van der Waals surface area contributed by atoms with Crippen molar-refractivity contribution in [3.8, 4) is 0 Å². The summed E-state index contributed by atoms with van der Waals surface area (Å²) in [6.07, 6.45) is -2.87. The number of hydrogen-bond donors (Lipinski definition) is 0. The topological polar surface area (TPSA) is 87.8 Å². The third-order valence-corrected chi connectivity index (χ3v) is 5.35. The number of aromatic nitrogens is 6. The number of ether oxygens (including phenoxy) is 1. The molecule has 5 heterocycles. The Kier molecular flexibility index (Phi) is 4.96. The van der Waals surface area contributed by atoms with Crippen LogP contribution < -0.4 is 14.7 Å². The fourth-order valence-corrected chi connectivity index (χ4v) is 3.72. The predicted molar refractivity (Wildman–Crippen MR) is 105 cm³/mol. The lowest BCUT2D eigenvalue weighted by Crippen LogP contribution is -2.47. The Morgan fingerprint density at radius 1 is 0.806 bits per heavy atom. The van der Waals surface area contributed by atoms with Gasteiger partial charge in [-0.05, 0) is 18.2 Å². The number of halogens is 3. The first-order valence-electron chi connectivity index (χ1n) is 9.94. The molecule has 0 bridgehead atoms. The smallest absolute Gasteiger partial charge is 0.378 e. The van der Waals surface area contributed by atoms with Crippen LogP contribution in [0.25, 0.3) is 5.65 Å². The lowest BCUT2D eigenvalue weighted by Gasteiger charge is -2.35. The SMILES string of the molecule is FC(F)(F)c1nnc2ccc(N3CCN(c4nccc(N5CCOCC5)n4)CC3)nn12. The summed E-state index contributed by atoms with van der Waals surface area (Å²) in [5.41, 5.74) is 0.0584. The van der Waals surface area contributed by atoms with E-state index in [1.807, 2.05) is 11.0 Å². The van der Waals surface area contributed by atoms with Gasteiger partial charge in [-0.3, -0.25) is 0 Å². The van der Waals surface area contributed by atoms with Crippen LogP contribution in [-0.4, -0.2) is 82.3 Å². The number of anilines is 3. The molecule has 0 aromatic carbocycles. The van der Waals surface area contributed by atoms with E-state index in [1.54, 1.807) is 12.3 Å².